The van der Waals surface area contributed by atoms with Gasteiger partial charge in [-0.2, -0.15) is 0 Å². The van der Waals surface area contributed by atoms with E-state index in [-0.39, 0.29) is 11.7 Å². The van der Waals surface area contributed by atoms with Crippen LogP contribution in [0, 0.1) is 11.3 Å². The van der Waals surface area contributed by atoms with E-state index >= 15 is 0 Å². The fraction of sp³-hybridized carbons (Fsp3) is 0.800. The lowest BCUT2D eigenvalue weighted by atomic mass is 9.77. The van der Waals surface area contributed by atoms with E-state index in [0.29, 0.717) is 6.61 Å². The summed E-state index contributed by atoms with van der Waals surface area (Å²) >= 11 is 0. The standard InChI is InChI=1S/C10H16O4/c1-5-13-8-6(2)10(4,7(3)11)9(12)14-8/h6,8H,5H2,1-4H3/t6-,8-,10+/m1/s1. The van der Waals surface area contributed by atoms with Crippen LogP contribution in [-0.4, -0.2) is 24.6 Å². The van der Waals surface area contributed by atoms with Crippen LogP contribution < -0.4 is 0 Å². The highest BCUT2D eigenvalue weighted by Gasteiger charge is 2.55. The summed E-state index contributed by atoms with van der Waals surface area (Å²) in [6, 6.07) is 0. The van der Waals surface area contributed by atoms with Crippen LogP contribution >= 0.6 is 0 Å². The number of hydrogen-bond donors (Lipinski definition) is 0. The lowest BCUT2D eigenvalue weighted by Crippen LogP contribution is -2.37. The van der Waals surface area contributed by atoms with E-state index < -0.39 is 17.7 Å². The third kappa shape index (κ3) is 1.43. The molecular weight excluding hydrogens is 184 g/mol. The molecule has 1 aliphatic heterocycles. The first-order valence-corrected chi connectivity index (χ1v) is 4.78. The fourth-order valence-corrected chi connectivity index (χ4v) is 1.59. The van der Waals surface area contributed by atoms with Crippen LogP contribution in [0.4, 0.5) is 0 Å². The number of cyclic esters (lactones) is 1. The molecule has 0 N–H and O–H groups in total. The highest BCUT2D eigenvalue weighted by atomic mass is 16.7. The van der Waals surface area contributed by atoms with Crippen LogP contribution in [0.3, 0.4) is 0 Å². The van der Waals surface area contributed by atoms with Crippen LogP contribution in [0.15, 0.2) is 0 Å². The molecule has 0 amide bonds. The van der Waals surface area contributed by atoms with Crippen molar-refractivity contribution in [2.24, 2.45) is 11.3 Å². The lowest BCUT2D eigenvalue weighted by molar-refractivity contribution is -0.166. The monoisotopic (exact) mass is 200 g/mol. The average molecular weight is 200 g/mol. The van der Waals surface area contributed by atoms with Gasteiger partial charge in [0, 0.05) is 12.5 Å². The average Bonchev–Trinajstić information content (AvgIpc) is 2.32. The first kappa shape index (κ1) is 11.2. The zero-order chi connectivity index (χ0) is 10.9. The molecule has 0 aromatic rings. The van der Waals surface area contributed by atoms with Gasteiger partial charge in [0.1, 0.15) is 11.2 Å². The summed E-state index contributed by atoms with van der Waals surface area (Å²) in [4.78, 5) is 22.9. The van der Waals surface area contributed by atoms with E-state index in [0.717, 1.165) is 0 Å². The van der Waals surface area contributed by atoms with Gasteiger partial charge in [-0.25, -0.2) is 0 Å². The summed E-state index contributed by atoms with van der Waals surface area (Å²) in [5.74, 6) is -0.874. The minimum atomic E-state index is -1.04. The SMILES string of the molecule is CCO[C@@H]1OC(=O)[C@](C)(C(C)=O)[C@@H]1C. The molecule has 1 rings (SSSR count). The van der Waals surface area contributed by atoms with Gasteiger partial charge in [0.25, 0.3) is 0 Å². The molecule has 0 aromatic carbocycles. The third-order valence-corrected chi connectivity index (χ3v) is 3.03. The van der Waals surface area contributed by atoms with Crippen molar-refractivity contribution in [2.45, 2.75) is 34.0 Å². The van der Waals surface area contributed by atoms with Gasteiger partial charge in [-0.05, 0) is 20.8 Å². The molecule has 1 aliphatic rings. The van der Waals surface area contributed by atoms with E-state index in [4.69, 9.17) is 9.47 Å². The van der Waals surface area contributed by atoms with Crippen LogP contribution in [0.2, 0.25) is 0 Å². The van der Waals surface area contributed by atoms with Gasteiger partial charge in [-0.15, -0.1) is 0 Å². The van der Waals surface area contributed by atoms with Crippen molar-refractivity contribution in [3.8, 4) is 0 Å². The summed E-state index contributed by atoms with van der Waals surface area (Å²) in [5, 5.41) is 0. The Bertz CT molecular complexity index is 261. The Balaban J connectivity index is 2.90. The van der Waals surface area contributed by atoms with Crippen molar-refractivity contribution >= 4 is 11.8 Å². The first-order valence-electron chi connectivity index (χ1n) is 4.78. The van der Waals surface area contributed by atoms with Crippen molar-refractivity contribution in [1.29, 1.82) is 0 Å². The highest BCUT2D eigenvalue weighted by Crippen LogP contribution is 2.40. The topological polar surface area (TPSA) is 52.6 Å². The van der Waals surface area contributed by atoms with Gasteiger partial charge in [0.05, 0.1) is 0 Å². The number of rotatable bonds is 3. The molecular formula is C10H16O4. The van der Waals surface area contributed by atoms with Crippen LogP contribution in [0.1, 0.15) is 27.7 Å². The number of ketones is 1. The molecule has 80 valence electrons. The highest BCUT2D eigenvalue weighted by molar-refractivity contribution is 6.03. The molecule has 0 unspecified atom stereocenters. The maximum atomic E-state index is 11.5. The molecule has 4 heteroatoms. The molecule has 1 fully saturated rings. The van der Waals surface area contributed by atoms with Gasteiger partial charge < -0.3 is 9.47 Å². The number of carbonyl (C=O) groups excluding carboxylic acids is 2. The Labute approximate surface area is 83.6 Å². The minimum Gasteiger partial charge on any atom is -0.435 e. The first-order chi connectivity index (χ1) is 6.44. The molecule has 4 nitrogen and oxygen atoms in total. The molecule has 14 heavy (non-hydrogen) atoms. The number of esters is 1. The van der Waals surface area contributed by atoms with Gasteiger partial charge in [-0.1, -0.05) is 6.92 Å². The normalized spacial score (nSPS) is 37.0. The van der Waals surface area contributed by atoms with Crippen molar-refractivity contribution < 1.29 is 19.1 Å². The second-order valence-corrected chi connectivity index (χ2v) is 3.78. The smallest absolute Gasteiger partial charge is 0.322 e. The van der Waals surface area contributed by atoms with E-state index in [1.165, 1.54) is 6.92 Å². The molecule has 1 saturated heterocycles. The second-order valence-electron chi connectivity index (χ2n) is 3.78. The summed E-state index contributed by atoms with van der Waals surface area (Å²) in [6.45, 7) is 7.11. The predicted molar refractivity (Wildman–Crippen MR) is 49.5 cm³/mol. The van der Waals surface area contributed by atoms with Crippen LogP contribution in [0.25, 0.3) is 0 Å². The number of Topliss-reactive ketones (excluding diaryl/α,β-unsaturated/α-hetero) is 1. The third-order valence-electron chi connectivity index (χ3n) is 3.03. The molecule has 3 atom stereocenters. The van der Waals surface area contributed by atoms with Crippen molar-refractivity contribution in [3.05, 3.63) is 0 Å². The molecule has 0 spiro atoms. The summed E-state index contributed by atoms with van der Waals surface area (Å²) in [6.07, 6.45) is -0.582. The molecule has 0 bridgehead atoms. The lowest BCUT2D eigenvalue weighted by Gasteiger charge is -2.22. The summed E-state index contributed by atoms with van der Waals surface area (Å²) < 4.78 is 10.2. The minimum absolute atomic E-state index is 0.169. The number of hydrogen-bond acceptors (Lipinski definition) is 4. The maximum absolute atomic E-state index is 11.5. The Morgan fingerprint density at radius 1 is 1.64 bits per heavy atom. The van der Waals surface area contributed by atoms with E-state index in [9.17, 15) is 9.59 Å². The second kappa shape index (κ2) is 3.69. The Morgan fingerprint density at radius 3 is 2.57 bits per heavy atom. The van der Waals surface area contributed by atoms with Crippen molar-refractivity contribution in [1.82, 2.24) is 0 Å². The predicted octanol–water partition coefficient (Wildman–Crippen LogP) is 1.14. The van der Waals surface area contributed by atoms with E-state index in [2.05, 4.69) is 0 Å². The van der Waals surface area contributed by atoms with Gasteiger partial charge in [-0.3, -0.25) is 9.59 Å². The molecule has 0 aromatic heterocycles. The summed E-state index contributed by atoms with van der Waals surface area (Å²) in [7, 11) is 0. The Hall–Kier alpha value is -0.900. The van der Waals surface area contributed by atoms with Crippen molar-refractivity contribution in [2.75, 3.05) is 6.61 Å². The van der Waals surface area contributed by atoms with Crippen LogP contribution in [0.5, 0.6) is 0 Å². The summed E-state index contributed by atoms with van der Waals surface area (Å²) in [5.41, 5.74) is -1.04. The molecule has 1 heterocycles. The Morgan fingerprint density at radius 2 is 2.21 bits per heavy atom. The quantitative estimate of drug-likeness (QED) is 0.506. The maximum Gasteiger partial charge on any atom is 0.322 e. The van der Waals surface area contributed by atoms with Gasteiger partial charge in [0.15, 0.2) is 0 Å². The largest absolute Gasteiger partial charge is 0.435 e. The molecule has 0 radical (unpaired) electrons. The Kier molecular flexibility index (Phi) is 2.95. The van der Waals surface area contributed by atoms with Crippen LogP contribution in [-0.2, 0) is 19.1 Å². The van der Waals surface area contributed by atoms with E-state index in [1.54, 1.807) is 13.8 Å². The number of ether oxygens (including phenoxy) is 2. The fourth-order valence-electron chi connectivity index (χ4n) is 1.59. The molecule has 0 saturated carbocycles. The number of carbonyl (C=O) groups is 2. The zero-order valence-electron chi connectivity index (χ0n) is 8.99. The van der Waals surface area contributed by atoms with Gasteiger partial charge in [0.2, 0.25) is 6.29 Å². The van der Waals surface area contributed by atoms with Gasteiger partial charge >= 0.3 is 5.97 Å². The zero-order valence-corrected chi connectivity index (χ0v) is 8.99. The van der Waals surface area contributed by atoms with E-state index in [1.807, 2.05) is 6.92 Å². The van der Waals surface area contributed by atoms with Crippen molar-refractivity contribution in [3.63, 3.8) is 0 Å². The molecule has 0 aliphatic carbocycles.